The van der Waals surface area contributed by atoms with Crippen LogP contribution in [-0.4, -0.2) is 31.8 Å². The number of nitrogens with zero attached hydrogens (tertiary/aromatic N) is 1. The fourth-order valence-corrected chi connectivity index (χ4v) is 1.48. The first-order chi connectivity index (χ1) is 8.35. The standard InChI is InChI=1S/C12H27N.BF4/c1-4-7-10-13(11-8-5-2)12-9-6-3;2-1(3,4)5/h4-12H2,1-3H3;/q;-1. The highest BCUT2D eigenvalue weighted by Crippen LogP contribution is 2.06. The molecule has 0 heterocycles. The molecule has 0 saturated heterocycles. The van der Waals surface area contributed by atoms with Crippen LogP contribution in [0.3, 0.4) is 0 Å². The second-order valence-corrected chi connectivity index (χ2v) is 4.40. The van der Waals surface area contributed by atoms with E-state index in [9.17, 15) is 17.3 Å². The zero-order chi connectivity index (χ0) is 14.4. The van der Waals surface area contributed by atoms with Gasteiger partial charge in [-0.1, -0.05) is 40.0 Å². The molecule has 0 radical (unpaired) electrons. The molecule has 0 aromatic heterocycles. The molecule has 6 heteroatoms. The third-order valence-electron chi connectivity index (χ3n) is 2.48. The van der Waals surface area contributed by atoms with E-state index < -0.39 is 7.25 Å². The molecule has 0 aliphatic heterocycles. The minimum absolute atomic E-state index is 1.32. The molecule has 0 spiro atoms. The fourth-order valence-electron chi connectivity index (χ4n) is 1.48. The van der Waals surface area contributed by atoms with Crippen molar-refractivity contribution >= 4 is 7.25 Å². The van der Waals surface area contributed by atoms with Gasteiger partial charge in [0.05, 0.1) is 0 Å². The smallest absolute Gasteiger partial charge is 0.418 e. The van der Waals surface area contributed by atoms with Crippen LogP contribution in [0.4, 0.5) is 17.3 Å². The van der Waals surface area contributed by atoms with Crippen molar-refractivity contribution in [3.05, 3.63) is 0 Å². The van der Waals surface area contributed by atoms with Gasteiger partial charge in [0.1, 0.15) is 0 Å². The van der Waals surface area contributed by atoms with Crippen molar-refractivity contribution in [3.63, 3.8) is 0 Å². The summed E-state index contributed by atoms with van der Waals surface area (Å²) in [7, 11) is -6.00. The van der Waals surface area contributed by atoms with Crippen LogP contribution in [0.2, 0.25) is 0 Å². The maximum absolute atomic E-state index is 9.75. The zero-order valence-electron chi connectivity index (χ0n) is 11.9. The van der Waals surface area contributed by atoms with Gasteiger partial charge in [0.25, 0.3) is 0 Å². The molecule has 0 saturated carbocycles. The quantitative estimate of drug-likeness (QED) is 0.422. The van der Waals surface area contributed by atoms with E-state index >= 15 is 0 Å². The van der Waals surface area contributed by atoms with Crippen LogP contribution >= 0.6 is 0 Å². The molecule has 0 aliphatic rings. The van der Waals surface area contributed by atoms with E-state index in [1.54, 1.807) is 0 Å². The normalized spacial score (nSPS) is 11.3. The van der Waals surface area contributed by atoms with E-state index in [2.05, 4.69) is 25.7 Å². The van der Waals surface area contributed by atoms with Crippen molar-refractivity contribution in [3.8, 4) is 0 Å². The van der Waals surface area contributed by atoms with Gasteiger partial charge in [-0.15, -0.1) is 0 Å². The van der Waals surface area contributed by atoms with Gasteiger partial charge in [0, 0.05) is 0 Å². The average molecular weight is 272 g/mol. The molecule has 0 rings (SSSR count). The van der Waals surface area contributed by atoms with Crippen molar-refractivity contribution in [2.75, 3.05) is 19.6 Å². The van der Waals surface area contributed by atoms with Gasteiger partial charge in [-0.2, -0.15) is 0 Å². The Balaban J connectivity index is 0. The third-order valence-corrected chi connectivity index (χ3v) is 2.48. The Kier molecular flexibility index (Phi) is 14.7. The van der Waals surface area contributed by atoms with E-state index in [-0.39, 0.29) is 0 Å². The van der Waals surface area contributed by atoms with Crippen LogP contribution in [-0.2, 0) is 0 Å². The topological polar surface area (TPSA) is 3.24 Å². The number of halogens is 4. The Hall–Kier alpha value is -0.255. The van der Waals surface area contributed by atoms with Gasteiger partial charge in [-0.25, -0.2) is 0 Å². The third kappa shape index (κ3) is 24.8. The first-order valence-electron chi connectivity index (χ1n) is 6.94. The molecule has 112 valence electrons. The zero-order valence-corrected chi connectivity index (χ0v) is 11.9. The Bertz CT molecular complexity index is 140. The van der Waals surface area contributed by atoms with E-state index in [0.29, 0.717) is 0 Å². The molecule has 0 aromatic rings. The van der Waals surface area contributed by atoms with Crippen molar-refractivity contribution < 1.29 is 17.3 Å². The Morgan fingerprint density at radius 2 is 0.889 bits per heavy atom. The summed E-state index contributed by atoms with van der Waals surface area (Å²) in [5.74, 6) is 0. The van der Waals surface area contributed by atoms with E-state index in [1.807, 2.05) is 0 Å². The highest BCUT2D eigenvalue weighted by Gasteiger charge is 2.20. The average Bonchev–Trinajstić information content (AvgIpc) is 2.26. The number of hydrogen-bond donors (Lipinski definition) is 0. The first-order valence-corrected chi connectivity index (χ1v) is 6.94. The number of rotatable bonds is 9. The van der Waals surface area contributed by atoms with Crippen LogP contribution in [0.15, 0.2) is 0 Å². The van der Waals surface area contributed by atoms with Gasteiger partial charge >= 0.3 is 7.25 Å². The summed E-state index contributed by atoms with van der Waals surface area (Å²) >= 11 is 0. The summed E-state index contributed by atoms with van der Waals surface area (Å²) in [5, 5.41) is 0. The first kappa shape index (κ1) is 20.1. The largest absolute Gasteiger partial charge is 0.673 e. The number of hydrogen-bond acceptors (Lipinski definition) is 1. The highest BCUT2D eigenvalue weighted by molar-refractivity contribution is 6.50. The summed E-state index contributed by atoms with van der Waals surface area (Å²) in [6.45, 7) is 10.8. The Morgan fingerprint density at radius 1 is 0.667 bits per heavy atom. The monoisotopic (exact) mass is 272 g/mol. The van der Waals surface area contributed by atoms with Crippen LogP contribution in [0.1, 0.15) is 59.3 Å². The van der Waals surface area contributed by atoms with Crippen molar-refractivity contribution in [1.82, 2.24) is 4.90 Å². The minimum atomic E-state index is -6.00. The lowest BCUT2D eigenvalue weighted by Gasteiger charge is -2.21. The second-order valence-electron chi connectivity index (χ2n) is 4.40. The SMILES string of the molecule is CCCCN(CCCC)CCCC.F[B-](F)(F)F. The van der Waals surface area contributed by atoms with Crippen LogP contribution < -0.4 is 0 Å². The molecule has 0 aliphatic carbocycles. The summed E-state index contributed by atoms with van der Waals surface area (Å²) in [6, 6.07) is 0. The summed E-state index contributed by atoms with van der Waals surface area (Å²) in [4.78, 5) is 2.64. The number of unbranched alkanes of at least 4 members (excludes halogenated alkanes) is 3. The van der Waals surface area contributed by atoms with E-state index in [1.165, 1.54) is 58.2 Å². The van der Waals surface area contributed by atoms with Gasteiger partial charge in [-0.3, -0.25) is 0 Å². The molecule has 18 heavy (non-hydrogen) atoms. The maximum Gasteiger partial charge on any atom is 0.673 e. The lowest BCUT2D eigenvalue weighted by molar-refractivity contribution is 0.261. The van der Waals surface area contributed by atoms with Crippen LogP contribution in [0, 0.1) is 0 Å². The van der Waals surface area contributed by atoms with Crippen molar-refractivity contribution in [2.45, 2.75) is 59.3 Å². The van der Waals surface area contributed by atoms with E-state index in [0.717, 1.165) is 0 Å². The van der Waals surface area contributed by atoms with Gasteiger partial charge in [0.2, 0.25) is 0 Å². The molecule has 0 N–H and O–H groups in total. The Labute approximate surface area is 109 Å². The lowest BCUT2D eigenvalue weighted by Crippen LogP contribution is -2.27. The van der Waals surface area contributed by atoms with Gasteiger partial charge < -0.3 is 22.2 Å². The van der Waals surface area contributed by atoms with E-state index in [4.69, 9.17) is 0 Å². The van der Waals surface area contributed by atoms with Gasteiger partial charge in [0.15, 0.2) is 0 Å². The van der Waals surface area contributed by atoms with Crippen LogP contribution in [0.5, 0.6) is 0 Å². The van der Waals surface area contributed by atoms with Gasteiger partial charge in [-0.05, 0) is 38.9 Å². The van der Waals surface area contributed by atoms with Crippen molar-refractivity contribution in [2.24, 2.45) is 0 Å². The second kappa shape index (κ2) is 13.2. The van der Waals surface area contributed by atoms with Crippen molar-refractivity contribution in [1.29, 1.82) is 0 Å². The summed E-state index contributed by atoms with van der Waals surface area (Å²) < 4.78 is 39.0. The lowest BCUT2D eigenvalue weighted by atomic mass is 10.2. The molecule has 0 atom stereocenters. The molecule has 0 unspecified atom stereocenters. The molecule has 0 amide bonds. The fraction of sp³-hybridized carbons (Fsp3) is 1.00. The summed E-state index contributed by atoms with van der Waals surface area (Å²) in [6.07, 6.45) is 8.09. The van der Waals surface area contributed by atoms with Crippen LogP contribution in [0.25, 0.3) is 0 Å². The predicted molar refractivity (Wildman–Crippen MR) is 71.4 cm³/mol. The summed E-state index contributed by atoms with van der Waals surface area (Å²) in [5.41, 5.74) is 0. The molecular formula is C12H27BF4N-. The Morgan fingerprint density at radius 3 is 1.06 bits per heavy atom. The molecule has 1 nitrogen and oxygen atoms in total. The molecule has 0 bridgehead atoms. The minimum Gasteiger partial charge on any atom is -0.418 e. The predicted octanol–water partition coefficient (Wildman–Crippen LogP) is 4.99. The maximum atomic E-state index is 9.75. The molecular weight excluding hydrogens is 245 g/mol. The molecule has 0 aromatic carbocycles. The highest BCUT2D eigenvalue weighted by atomic mass is 19.5. The molecule has 0 fully saturated rings.